The molecular formula is C17H20N4O4S. The summed E-state index contributed by atoms with van der Waals surface area (Å²) in [5.41, 5.74) is 0.356. The van der Waals surface area contributed by atoms with Gasteiger partial charge in [-0.05, 0) is 36.8 Å². The lowest BCUT2D eigenvalue weighted by molar-refractivity contribution is 0.0487. The molecule has 0 aliphatic carbocycles. The standard InChI is InChI=1S/C17H20N4O4S/c1-23-14-7-6-13(15(19-14)24-2)16(22)20-8-4-9-21(20)17(26)18-11-12-5-3-10-25-12/h3,5-7,10H,4,8-9,11H2,1-2H3,(H,18,26). The molecule has 0 radical (unpaired) electrons. The lowest BCUT2D eigenvalue weighted by atomic mass is 10.2. The molecule has 3 heterocycles. The molecule has 2 aromatic heterocycles. The van der Waals surface area contributed by atoms with E-state index in [4.69, 9.17) is 26.1 Å². The maximum atomic E-state index is 13.0. The third-order valence-electron chi connectivity index (χ3n) is 3.96. The minimum Gasteiger partial charge on any atom is -0.481 e. The van der Waals surface area contributed by atoms with Gasteiger partial charge in [0.1, 0.15) is 11.3 Å². The molecular weight excluding hydrogens is 356 g/mol. The summed E-state index contributed by atoms with van der Waals surface area (Å²) in [7, 11) is 2.98. The van der Waals surface area contributed by atoms with Crippen LogP contribution in [0.5, 0.6) is 11.8 Å². The largest absolute Gasteiger partial charge is 0.481 e. The van der Waals surface area contributed by atoms with Gasteiger partial charge in [0.05, 0.1) is 27.0 Å². The van der Waals surface area contributed by atoms with Crippen LogP contribution in [0.3, 0.4) is 0 Å². The number of hydrogen-bond acceptors (Lipinski definition) is 6. The molecule has 8 nitrogen and oxygen atoms in total. The predicted molar refractivity (Wildman–Crippen MR) is 97.8 cm³/mol. The monoisotopic (exact) mass is 376 g/mol. The number of carbonyl (C=O) groups excluding carboxylic acids is 1. The van der Waals surface area contributed by atoms with Crippen molar-refractivity contribution in [1.82, 2.24) is 20.3 Å². The molecule has 0 unspecified atom stereocenters. The maximum Gasteiger partial charge on any atom is 0.277 e. The van der Waals surface area contributed by atoms with Crippen molar-refractivity contribution in [1.29, 1.82) is 0 Å². The molecule has 3 rings (SSSR count). The van der Waals surface area contributed by atoms with Gasteiger partial charge in [-0.1, -0.05) is 0 Å². The summed E-state index contributed by atoms with van der Waals surface area (Å²) in [5.74, 6) is 1.14. The summed E-state index contributed by atoms with van der Waals surface area (Å²) in [6.45, 7) is 1.68. The van der Waals surface area contributed by atoms with E-state index >= 15 is 0 Å². The Morgan fingerprint density at radius 1 is 1.27 bits per heavy atom. The van der Waals surface area contributed by atoms with Crippen LogP contribution in [-0.4, -0.2) is 53.3 Å². The minimum absolute atomic E-state index is 0.218. The quantitative estimate of drug-likeness (QED) is 0.792. The van der Waals surface area contributed by atoms with Crippen molar-refractivity contribution in [2.45, 2.75) is 13.0 Å². The second-order valence-electron chi connectivity index (χ2n) is 5.55. The van der Waals surface area contributed by atoms with Gasteiger partial charge in [0, 0.05) is 19.2 Å². The predicted octanol–water partition coefficient (Wildman–Crippen LogP) is 1.83. The van der Waals surface area contributed by atoms with E-state index in [0.29, 0.717) is 36.2 Å². The first-order valence-electron chi connectivity index (χ1n) is 8.12. The highest BCUT2D eigenvalue weighted by Gasteiger charge is 2.31. The molecule has 2 aromatic rings. The summed E-state index contributed by atoms with van der Waals surface area (Å²) in [6, 6.07) is 6.94. The number of carbonyl (C=O) groups is 1. The number of pyridine rings is 1. The van der Waals surface area contributed by atoms with E-state index in [-0.39, 0.29) is 11.8 Å². The summed E-state index contributed by atoms with van der Waals surface area (Å²) in [6.07, 6.45) is 2.43. The Hall–Kier alpha value is -2.81. The first-order chi connectivity index (χ1) is 12.6. The van der Waals surface area contributed by atoms with Crippen molar-refractivity contribution >= 4 is 23.2 Å². The van der Waals surface area contributed by atoms with Gasteiger partial charge in [-0.3, -0.25) is 9.80 Å². The van der Waals surface area contributed by atoms with Crippen molar-refractivity contribution in [3.8, 4) is 11.8 Å². The van der Waals surface area contributed by atoms with Crippen LogP contribution in [0.4, 0.5) is 0 Å². The van der Waals surface area contributed by atoms with E-state index in [1.807, 2.05) is 12.1 Å². The third-order valence-corrected chi connectivity index (χ3v) is 4.32. The van der Waals surface area contributed by atoms with Crippen LogP contribution in [0.1, 0.15) is 22.5 Å². The fourth-order valence-electron chi connectivity index (χ4n) is 2.70. The Kier molecular flexibility index (Phi) is 5.57. The number of rotatable bonds is 5. The van der Waals surface area contributed by atoms with Crippen LogP contribution in [0.25, 0.3) is 0 Å². The van der Waals surface area contributed by atoms with Crippen LogP contribution in [0.2, 0.25) is 0 Å². The Labute approximate surface area is 156 Å². The highest BCUT2D eigenvalue weighted by Crippen LogP contribution is 2.24. The molecule has 1 amide bonds. The number of hydrogen-bond donors (Lipinski definition) is 1. The number of furan rings is 1. The molecule has 1 N–H and O–H groups in total. The molecule has 0 spiro atoms. The molecule has 0 aromatic carbocycles. The van der Waals surface area contributed by atoms with Crippen molar-refractivity contribution in [3.05, 3.63) is 41.9 Å². The average Bonchev–Trinajstić information content (AvgIpc) is 3.36. The molecule has 0 saturated carbocycles. The Bertz CT molecular complexity index is 781. The molecule has 138 valence electrons. The fourth-order valence-corrected chi connectivity index (χ4v) is 2.96. The second kappa shape index (κ2) is 8.05. The van der Waals surface area contributed by atoms with Gasteiger partial charge in [0.15, 0.2) is 5.11 Å². The number of ether oxygens (including phenoxy) is 2. The summed E-state index contributed by atoms with van der Waals surface area (Å²) < 4.78 is 15.6. The molecule has 9 heteroatoms. The minimum atomic E-state index is -0.225. The highest BCUT2D eigenvalue weighted by atomic mass is 32.1. The van der Waals surface area contributed by atoms with Crippen molar-refractivity contribution in [3.63, 3.8) is 0 Å². The van der Waals surface area contributed by atoms with E-state index in [0.717, 1.165) is 12.2 Å². The second-order valence-corrected chi connectivity index (χ2v) is 5.94. The summed E-state index contributed by atoms with van der Waals surface area (Å²) in [5, 5.41) is 6.93. The third kappa shape index (κ3) is 3.72. The maximum absolute atomic E-state index is 13.0. The topological polar surface area (TPSA) is 80.1 Å². The van der Waals surface area contributed by atoms with Crippen LogP contribution in [0, 0.1) is 0 Å². The Balaban J connectivity index is 1.72. The van der Waals surface area contributed by atoms with Crippen LogP contribution in [-0.2, 0) is 6.54 Å². The molecule has 1 saturated heterocycles. The first-order valence-corrected chi connectivity index (χ1v) is 8.53. The van der Waals surface area contributed by atoms with Gasteiger partial charge < -0.3 is 19.2 Å². The number of aromatic nitrogens is 1. The van der Waals surface area contributed by atoms with Gasteiger partial charge in [-0.2, -0.15) is 4.98 Å². The lowest BCUT2D eigenvalue weighted by Gasteiger charge is -2.30. The fraction of sp³-hybridized carbons (Fsp3) is 0.353. The van der Waals surface area contributed by atoms with Crippen LogP contribution in [0.15, 0.2) is 34.9 Å². The lowest BCUT2D eigenvalue weighted by Crippen LogP contribution is -2.49. The Morgan fingerprint density at radius 3 is 2.77 bits per heavy atom. The number of hydrazine groups is 1. The van der Waals surface area contributed by atoms with Gasteiger partial charge in [0.2, 0.25) is 11.8 Å². The SMILES string of the molecule is COc1ccc(C(=O)N2CCCN2C(=S)NCc2ccco2)c(OC)n1. The first kappa shape index (κ1) is 18.0. The van der Waals surface area contributed by atoms with Crippen molar-refractivity contribution < 1.29 is 18.7 Å². The van der Waals surface area contributed by atoms with E-state index in [1.54, 1.807) is 28.4 Å². The summed E-state index contributed by atoms with van der Waals surface area (Å²) >= 11 is 5.45. The van der Waals surface area contributed by atoms with Crippen LogP contribution >= 0.6 is 12.2 Å². The van der Waals surface area contributed by atoms with Crippen molar-refractivity contribution in [2.24, 2.45) is 0 Å². The van der Waals surface area contributed by atoms with Crippen molar-refractivity contribution in [2.75, 3.05) is 27.3 Å². The zero-order valence-corrected chi connectivity index (χ0v) is 15.4. The molecule has 1 fully saturated rings. The summed E-state index contributed by atoms with van der Waals surface area (Å²) in [4.78, 5) is 17.2. The highest BCUT2D eigenvalue weighted by molar-refractivity contribution is 7.80. The smallest absolute Gasteiger partial charge is 0.277 e. The number of nitrogens with one attached hydrogen (secondary N) is 1. The van der Waals surface area contributed by atoms with Gasteiger partial charge in [-0.15, -0.1) is 0 Å². The van der Waals surface area contributed by atoms with E-state index in [2.05, 4.69) is 10.3 Å². The number of methoxy groups -OCH3 is 2. The van der Waals surface area contributed by atoms with E-state index in [1.165, 1.54) is 14.2 Å². The normalized spacial score (nSPS) is 13.6. The molecule has 1 aliphatic rings. The van der Waals surface area contributed by atoms with E-state index < -0.39 is 0 Å². The number of thiocarbonyl (C=S) groups is 1. The Morgan fingerprint density at radius 2 is 2.08 bits per heavy atom. The molecule has 0 bridgehead atoms. The van der Waals surface area contributed by atoms with Gasteiger partial charge in [-0.25, -0.2) is 5.01 Å². The van der Waals surface area contributed by atoms with Gasteiger partial charge in [0.25, 0.3) is 5.91 Å². The van der Waals surface area contributed by atoms with E-state index in [9.17, 15) is 4.79 Å². The molecule has 0 atom stereocenters. The molecule has 26 heavy (non-hydrogen) atoms. The zero-order chi connectivity index (χ0) is 18.5. The van der Waals surface area contributed by atoms with Crippen LogP contribution < -0.4 is 14.8 Å². The average molecular weight is 376 g/mol. The van der Waals surface area contributed by atoms with Gasteiger partial charge >= 0.3 is 0 Å². The zero-order valence-electron chi connectivity index (χ0n) is 14.6. The number of nitrogens with zero attached hydrogens (tertiary/aromatic N) is 3. The molecule has 1 aliphatic heterocycles. The number of amides is 1.